The Kier molecular flexibility index (Phi) is 4.40. The third kappa shape index (κ3) is 3.14. The zero-order valence-electron chi connectivity index (χ0n) is 10.1. The Morgan fingerprint density at radius 2 is 2.00 bits per heavy atom. The quantitative estimate of drug-likeness (QED) is 0.761. The van der Waals surface area contributed by atoms with E-state index >= 15 is 0 Å². The molecule has 0 spiro atoms. The van der Waals surface area contributed by atoms with Crippen molar-refractivity contribution in [3.63, 3.8) is 0 Å². The van der Waals surface area contributed by atoms with E-state index in [1.165, 1.54) is 12.1 Å². The minimum atomic E-state index is -1.03. The maximum absolute atomic E-state index is 12.0. The summed E-state index contributed by atoms with van der Waals surface area (Å²) in [6.07, 6.45) is 0.577. The van der Waals surface area contributed by atoms with Crippen LogP contribution in [0, 0.1) is 5.92 Å². The average Bonchev–Trinajstić information content (AvgIpc) is 2.28. The van der Waals surface area contributed by atoms with E-state index in [0.717, 1.165) is 5.56 Å². The molecule has 0 amide bonds. The molecule has 3 N–H and O–H groups in total. The first-order valence-electron chi connectivity index (χ1n) is 5.58. The normalized spacial score (nSPS) is 10.6. The molecule has 1 rings (SSSR count). The van der Waals surface area contributed by atoms with Crippen molar-refractivity contribution in [2.75, 3.05) is 6.54 Å². The van der Waals surface area contributed by atoms with Crippen LogP contribution in [0.2, 0.25) is 0 Å². The predicted octanol–water partition coefficient (Wildman–Crippen LogP) is 1.72. The molecule has 92 valence electrons. The Morgan fingerprint density at radius 1 is 1.35 bits per heavy atom. The molecule has 0 atom stereocenters. The standard InChI is InChI=1S/C13H17NO3/c1-8(2)12(15)11-7-10(13(16)17)4-3-9(11)5-6-14/h3-4,7-8H,5-6,14H2,1-2H3,(H,16,17). The Labute approximate surface area is 100 Å². The molecule has 0 aliphatic heterocycles. The summed E-state index contributed by atoms with van der Waals surface area (Å²) in [4.78, 5) is 22.9. The van der Waals surface area contributed by atoms with Crippen LogP contribution in [0.4, 0.5) is 0 Å². The van der Waals surface area contributed by atoms with Crippen molar-refractivity contribution >= 4 is 11.8 Å². The fourth-order valence-corrected chi connectivity index (χ4v) is 1.62. The maximum Gasteiger partial charge on any atom is 0.335 e. The van der Waals surface area contributed by atoms with Gasteiger partial charge in [0.05, 0.1) is 5.56 Å². The first-order chi connectivity index (χ1) is 7.97. The summed E-state index contributed by atoms with van der Waals surface area (Å²) in [7, 11) is 0. The highest BCUT2D eigenvalue weighted by Crippen LogP contribution is 2.17. The second-order valence-corrected chi connectivity index (χ2v) is 4.23. The van der Waals surface area contributed by atoms with E-state index in [1.807, 2.05) is 0 Å². The smallest absolute Gasteiger partial charge is 0.335 e. The highest BCUT2D eigenvalue weighted by atomic mass is 16.4. The number of hydrogen-bond acceptors (Lipinski definition) is 3. The van der Waals surface area contributed by atoms with Crippen LogP contribution >= 0.6 is 0 Å². The van der Waals surface area contributed by atoms with Crippen molar-refractivity contribution in [3.05, 3.63) is 34.9 Å². The van der Waals surface area contributed by atoms with E-state index in [9.17, 15) is 9.59 Å². The fourth-order valence-electron chi connectivity index (χ4n) is 1.62. The van der Waals surface area contributed by atoms with Crippen LogP contribution in [-0.2, 0) is 6.42 Å². The molecule has 0 radical (unpaired) electrons. The lowest BCUT2D eigenvalue weighted by molar-refractivity contribution is 0.0697. The minimum Gasteiger partial charge on any atom is -0.478 e. The molecule has 1 aromatic rings. The number of carbonyl (C=O) groups excluding carboxylic acids is 1. The number of rotatable bonds is 5. The van der Waals surface area contributed by atoms with Crippen molar-refractivity contribution in [2.24, 2.45) is 11.7 Å². The van der Waals surface area contributed by atoms with Gasteiger partial charge >= 0.3 is 5.97 Å². The molecule has 0 aliphatic rings. The highest BCUT2D eigenvalue weighted by molar-refractivity contribution is 6.01. The van der Waals surface area contributed by atoms with Crippen molar-refractivity contribution < 1.29 is 14.7 Å². The molecule has 0 saturated heterocycles. The molecule has 0 aromatic heterocycles. The maximum atomic E-state index is 12.0. The third-order valence-corrected chi connectivity index (χ3v) is 2.56. The molecule has 0 bridgehead atoms. The van der Waals surface area contributed by atoms with Gasteiger partial charge in [-0.1, -0.05) is 19.9 Å². The van der Waals surface area contributed by atoms with Gasteiger partial charge in [0.1, 0.15) is 0 Å². The highest BCUT2D eigenvalue weighted by Gasteiger charge is 2.16. The van der Waals surface area contributed by atoms with Crippen molar-refractivity contribution in [1.29, 1.82) is 0 Å². The summed E-state index contributed by atoms with van der Waals surface area (Å²) < 4.78 is 0. The van der Waals surface area contributed by atoms with Crippen molar-refractivity contribution in [3.8, 4) is 0 Å². The van der Waals surface area contributed by atoms with Crippen molar-refractivity contribution in [1.82, 2.24) is 0 Å². The Bertz CT molecular complexity index is 438. The number of hydrogen-bond donors (Lipinski definition) is 2. The number of nitrogens with two attached hydrogens (primary N) is 1. The Hall–Kier alpha value is -1.68. The number of benzene rings is 1. The van der Waals surface area contributed by atoms with Crippen LogP contribution in [0.25, 0.3) is 0 Å². The molecule has 0 saturated carbocycles. The van der Waals surface area contributed by atoms with Crippen LogP contribution < -0.4 is 5.73 Å². The zero-order valence-corrected chi connectivity index (χ0v) is 10.1. The molecule has 0 heterocycles. The van der Waals surface area contributed by atoms with Crippen LogP contribution in [-0.4, -0.2) is 23.4 Å². The van der Waals surface area contributed by atoms with E-state index in [-0.39, 0.29) is 17.3 Å². The number of carboxylic acids is 1. The number of Topliss-reactive ketones (excluding diaryl/α,β-unsaturated/α-hetero) is 1. The molecule has 4 nitrogen and oxygen atoms in total. The van der Waals surface area contributed by atoms with E-state index in [2.05, 4.69) is 0 Å². The van der Waals surface area contributed by atoms with Gasteiger partial charge in [-0.2, -0.15) is 0 Å². The van der Waals surface area contributed by atoms with E-state index in [0.29, 0.717) is 18.5 Å². The Balaban J connectivity index is 3.24. The molecular formula is C13H17NO3. The lowest BCUT2D eigenvalue weighted by Gasteiger charge is -2.11. The topological polar surface area (TPSA) is 80.4 Å². The molecule has 0 unspecified atom stereocenters. The van der Waals surface area contributed by atoms with Gasteiger partial charge in [0.15, 0.2) is 5.78 Å². The van der Waals surface area contributed by atoms with Crippen LogP contribution in [0.3, 0.4) is 0 Å². The number of carboxylic acid groups (broad SMARTS) is 1. The van der Waals surface area contributed by atoms with Gasteiger partial charge in [-0.05, 0) is 30.7 Å². The third-order valence-electron chi connectivity index (χ3n) is 2.56. The molecule has 0 fully saturated rings. The first-order valence-corrected chi connectivity index (χ1v) is 5.58. The fraction of sp³-hybridized carbons (Fsp3) is 0.385. The number of ketones is 1. The van der Waals surface area contributed by atoms with Gasteiger partial charge in [-0.15, -0.1) is 0 Å². The van der Waals surface area contributed by atoms with Gasteiger partial charge in [-0.25, -0.2) is 4.79 Å². The largest absolute Gasteiger partial charge is 0.478 e. The summed E-state index contributed by atoms with van der Waals surface area (Å²) in [6, 6.07) is 4.62. The van der Waals surface area contributed by atoms with Crippen LogP contribution in [0.5, 0.6) is 0 Å². The average molecular weight is 235 g/mol. The molecule has 0 aliphatic carbocycles. The van der Waals surface area contributed by atoms with Crippen molar-refractivity contribution in [2.45, 2.75) is 20.3 Å². The minimum absolute atomic E-state index is 0.0449. The SMILES string of the molecule is CC(C)C(=O)c1cc(C(=O)O)ccc1CCN. The summed E-state index contributed by atoms with van der Waals surface area (Å²) in [5, 5.41) is 8.91. The zero-order chi connectivity index (χ0) is 13.0. The van der Waals surface area contributed by atoms with Gasteiger partial charge in [-0.3, -0.25) is 4.79 Å². The van der Waals surface area contributed by atoms with Gasteiger partial charge in [0.2, 0.25) is 0 Å². The molecular weight excluding hydrogens is 218 g/mol. The first kappa shape index (κ1) is 13.4. The van der Waals surface area contributed by atoms with E-state index < -0.39 is 5.97 Å². The lowest BCUT2D eigenvalue weighted by Crippen LogP contribution is -2.14. The van der Waals surface area contributed by atoms with E-state index in [4.69, 9.17) is 10.8 Å². The summed E-state index contributed by atoms with van der Waals surface area (Å²) in [5.74, 6) is -1.23. The lowest BCUT2D eigenvalue weighted by atomic mass is 9.93. The second kappa shape index (κ2) is 5.59. The second-order valence-electron chi connectivity index (χ2n) is 4.23. The summed E-state index contributed by atoms with van der Waals surface area (Å²) in [6.45, 7) is 4.02. The summed E-state index contributed by atoms with van der Waals surface area (Å²) >= 11 is 0. The van der Waals surface area contributed by atoms with Gasteiger partial charge in [0.25, 0.3) is 0 Å². The summed E-state index contributed by atoms with van der Waals surface area (Å²) in [5.41, 5.74) is 6.90. The Morgan fingerprint density at radius 3 is 2.47 bits per heavy atom. The monoisotopic (exact) mass is 235 g/mol. The van der Waals surface area contributed by atoms with Gasteiger partial charge in [0, 0.05) is 11.5 Å². The van der Waals surface area contributed by atoms with Crippen LogP contribution in [0.1, 0.15) is 40.1 Å². The molecule has 17 heavy (non-hydrogen) atoms. The van der Waals surface area contributed by atoms with Gasteiger partial charge < -0.3 is 10.8 Å². The van der Waals surface area contributed by atoms with Crippen LogP contribution in [0.15, 0.2) is 18.2 Å². The molecule has 4 heteroatoms. The van der Waals surface area contributed by atoms with E-state index in [1.54, 1.807) is 19.9 Å². The number of aromatic carboxylic acids is 1. The predicted molar refractivity (Wildman–Crippen MR) is 65.3 cm³/mol. The number of carbonyl (C=O) groups is 2. The molecule has 1 aromatic carbocycles.